The maximum atomic E-state index is 9.75. The molecule has 0 aliphatic heterocycles. The molecule has 0 atom stereocenters. The Morgan fingerprint density at radius 1 is 0.952 bits per heavy atom. The number of allylic oxidation sites excluding steroid dienone is 2. The summed E-state index contributed by atoms with van der Waals surface area (Å²) in [5.74, 6) is 1.94. The Morgan fingerprint density at radius 2 is 1.29 bits per heavy atom. The summed E-state index contributed by atoms with van der Waals surface area (Å²) in [7, 11) is -6.00. The van der Waals surface area contributed by atoms with Crippen LogP contribution in [0.5, 0.6) is 0 Å². The zero-order chi connectivity index (χ0) is 16.1. The summed E-state index contributed by atoms with van der Waals surface area (Å²) >= 11 is 0. The van der Waals surface area contributed by atoms with Crippen molar-refractivity contribution in [1.29, 1.82) is 0 Å². The summed E-state index contributed by atoms with van der Waals surface area (Å²) in [6, 6.07) is 0. The lowest BCUT2D eigenvalue weighted by Crippen LogP contribution is -2.02. The molecule has 2 rings (SSSR count). The summed E-state index contributed by atoms with van der Waals surface area (Å²) in [6.07, 6.45) is 12.4. The van der Waals surface area contributed by atoms with Gasteiger partial charge in [-0.2, -0.15) is 0 Å². The minimum atomic E-state index is -6.00. The van der Waals surface area contributed by atoms with Crippen molar-refractivity contribution in [2.75, 3.05) is 0 Å². The molecule has 0 spiro atoms. The lowest BCUT2D eigenvalue weighted by atomic mass is 10.3. The third-order valence-electron chi connectivity index (χ3n) is 1.79. The average Bonchev–Trinajstić information content (AvgIpc) is 3.01. The topological polar surface area (TPSA) is 57.4 Å². The zero-order valence-electron chi connectivity index (χ0n) is 12.3. The first kappa shape index (κ1) is 18.7. The van der Waals surface area contributed by atoms with Gasteiger partial charge in [0.1, 0.15) is 11.6 Å². The van der Waals surface area contributed by atoms with Crippen molar-refractivity contribution in [3.8, 4) is 0 Å². The van der Waals surface area contributed by atoms with Crippen molar-refractivity contribution in [2.45, 2.75) is 12.8 Å². The average molecular weight is 304 g/mol. The Balaban J connectivity index is 0. The van der Waals surface area contributed by atoms with Crippen LogP contribution in [-0.2, 0) is 12.8 Å². The molecule has 116 valence electrons. The van der Waals surface area contributed by atoms with Gasteiger partial charge in [0.05, 0.1) is 0 Å². The maximum Gasteiger partial charge on any atom is 1.00 e. The smallest absolute Gasteiger partial charge is 0.418 e. The number of hydrogen-bond donors (Lipinski definition) is 2. The molecule has 4 nitrogen and oxygen atoms in total. The summed E-state index contributed by atoms with van der Waals surface area (Å²) in [5, 5.41) is 0. The van der Waals surface area contributed by atoms with Crippen molar-refractivity contribution in [1.82, 2.24) is 19.9 Å². The SMILES string of the molecule is C=CCc1ncc[nH]1.C=CCc1ncc[nH]1.F[B-](F)(F)F.[H+]. The Hall–Kier alpha value is -2.32. The van der Waals surface area contributed by atoms with Crippen LogP contribution in [0, 0.1) is 0 Å². The predicted molar refractivity (Wildman–Crippen MR) is 76.3 cm³/mol. The summed E-state index contributed by atoms with van der Waals surface area (Å²) in [6.45, 7) is 7.15. The number of H-pyrrole nitrogens is 2. The molecule has 2 aromatic rings. The van der Waals surface area contributed by atoms with Crippen LogP contribution >= 0.6 is 0 Å². The molecular weight excluding hydrogens is 287 g/mol. The van der Waals surface area contributed by atoms with Gasteiger partial charge in [-0.25, -0.2) is 9.97 Å². The van der Waals surface area contributed by atoms with Crippen LogP contribution in [0.15, 0.2) is 50.1 Å². The fraction of sp³-hybridized carbons (Fsp3) is 0.167. The van der Waals surface area contributed by atoms with Crippen LogP contribution in [0.1, 0.15) is 13.1 Å². The van der Waals surface area contributed by atoms with Gasteiger partial charge in [0.25, 0.3) is 0 Å². The minimum absolute atomic E-state index is 0. The van der Waals surface area contributed by atoms with Gasteiger partial charge < -0.3 is 27.2 Å². The first-order valence-corrected chi connectivity index (χ1v) is 5.92. The number of imidazole rings is 2. The van der Waals surface area contributed by atoms with Gasteiger partial charge >= 0.3 is 8.68 Å². The number of halogens is 4. The number of nitrogens with zero attached hydrogens (tertiary/aromatic N) is 2. The maximum absolute atomic E-state index is 9.75. The van der Waals surface area contributed by atoms with E-state index in [4.69, 9.17) is 0 Å². The fourth-order valence-corrected chi connectivity index (χ4v) is 1.09. The van der Waals surface area contributed by atoms with Gasteiger partial charge in [0, 0.05) is 37.6 Å². The van der Waals surface area contributed by atoms with Crippen LogP contribution in [0.3, 0.4) is 0 Å². The molecule has 0 fully saturated rings. The van der Waals surface area contributed by atoms with Crippen LogP contribution in [0.25, 0.3) is 0 Å². The molecule has 0 saturated carbocycles. The van der Waals surface area contributed by atoms with E-state index in [1.807, 2.05) is 12.2 Å². The first-order chi connectivity index (χ1) is 9.86. The monoisotopic (exact) mass is 304 g/mol. The molecule has 0 aromatic carbocycles. The molecule has 2 aromatic heterocycles. The van der Waals surface area contributed by atoms with E-state index in [0.29, 0.717) is 0 Å². The molecule has 0 amide bonds. The number of rotatable bonds is 4. The van der Waals surface area contributed by atoms with Gasteiger partial charge in [-0.05, 0) is 0 Å². The van der Waals surface area contributed by atoms with Crippen LogP contribution in [0.4, 0.5) is 17.3 Å². The lowest BCUT2D eigenvalue weighted by Gasteiger charge is -1.94. The van der Waals surface area contributed by atoms with Crippen molar-refractivity contribution in [3.63, 3.8) is 0 Å². The van der Waals surface area contributed by atoms with Crippen molar-refractivity contribution >= 4 is 7.25 Å². The van der Waals surface area contributed by atoms with E-state index in [9.17, 15) is 17.3 Å². The third-order valence-corrected chi connectivity index (χ3v) is 1.79. The second-order valence-corrected chi connectivity index (χ2v) is 3.55. The number of nitrogens with one attached hydrogen (secondary N) is 2. The zero-order valence-corrected chi connectivity index (χ0v) is 11.3. The summed E-state index contributed by atoms with van der Waals surface area (Å²) < 4.78 is 39.0. The molecule has 0 bridgehead atoms. The van der Waals surface area contributed by atoms with E-state index >= 15 is 0 Å². The molecule has 0 saturated heterocycles. The molecule has 9 heteroatoms. The summed E-state index contributed by atoms with van der Waals surface area (Å²) in [4.78, 5) is 13.9. The highest BCUT2D eigenvalue weighted by atomic mass is 19.5. The Bertz CT molecular complexity index is 439. The summed E-state index contributed by atoms with van der Waals surface area (Å²) in [5.41, 5.74) is 0. The van der Waals surface area contributed by atoms with Crippen molar-refractivity contribution in [2.24, 2.45) is 0 Å². The molecule has 2 heterocycles. The van der Waals surface area contributed by atoms with E-state index in [-0.39, 0.29) is 1.43 Å². The highest BCUT2D eigenvalue weighted by Crippen LogP contribution is 2.06. The van der Waals surface area contributed by atoms with Gasteiger partial charge in [0.15, 0.2) is 0 Å². The molecule has 0 unspecified atom stereocenters. The van der Waals surface area contributed by atoms with Crippen molar-refractivity contribution in [3.05, 3.63) is 61.7 Å². The highest BCUT2D eigenvalue weighted by molar-refractivity contribution is 6.50. The van der Waals surface area contributed by atoms with Crippen LogP contribution in [-0.4, -0.2) is 27.2 Å². The van der Waals surface area contributed by atoms with E-state index in [1.165, 1.54) is 0 Å². The number of aromatic amines is 2. The number of hydrogen-bond acceptors (Lipinski definition) is 2. The quantitative estimate of drug-likeness (QED) is 0.514. The van der Waals surface area contributed by atoms with Crippen LogP contribution < -0.4 is 0 Å². The van der Waals surface area contributed by atoms with Crippen molar-refractivity contribution < 1.29 is 18.7 Å². The number of aromatic nitrogens is 4. The first-order valence-electron chi connectivity index (χ1n) is 5.92. The third kappa shape index (κ3) is 13.9. The minimum Gasteiger partial charge on any atom is -0.418 e. The van der Waals surface area contributed by atoms with E-state index in [1.54, 1.807) is 24.8 Å². The normalized spacial score (nSPS) is 9.71. The Morgan fingerprint density at radius 3 is 1.48 bits per heavy atom. The Labute approximate surface area is 121 Å². The molecule has 2 N–H and O–H groups in total. The Kier molecular flexibility index (Phi) is 9.32. The molecular formula is C12H17BF4N4. The lowest BCUT2D eigenvalue weighted by molar-refractivity contribution is 0.368. The van der Waals surface area contributed by atoms with Crippen LogP contribution in [0.2, 0.25) is 0 Å². The van der Waals surface area contributed by atoms with Gasteiger partial charge in [-0.15, -0.1) is 13.2 Å². The van der Waals surface area contributed by atoms with E-state index < -0.39 is 7.25 Å². The predicted octanol–water partition coefficient (Wildman–Crippen LogP) is 3.69. The van der Waals surface area contributed by atoms with E-state index in [0.717, 1.165) is 24.5 Å². The molecule has 21 heavy (non-hydrogen) atoms. The molecule has 0 aliphatic carbocycles. The standard InChI is InChI=1S/2C6H8N2.BF4/c2*1-2-3-6-7-4-5-8-6;2-1(3,4)5/h2*2,4-5H,1,3H2,(H,7,8);/q;;-1/p+1. The van der Waals surface area contributed by atoms with E-state index in [2.05, 4.69) is 33.1 Å². The van der Waals surface area contributed by atoms with Gasteiger partial charge in [0.2, 0.25) is 0 Å². The second kappa shape index (κ2) is 10.5. The largest absolute Gasteiger partial charge is 1.00 e. The highest BCUT2D eigenvalue weighted by Gasteiger charge is 2.20. The van der Waals surface area contributed by atoms with Gasteiger partial charge in [-0.3, -0.25) is 0 Å². The molecule has 0 aliphatic rings. The second-order valence-electron chi connectivity index (χ2n) is 3.55. The fourth-order valence-electron chi connectivity index (χ4n) is 1.09. The van der Waals surface area contributed by atoms with Gasteiger partial charge in [-0.1, -0.05) is 12.2 Å². The molecule has 0 radical (unpaired) electrons.